The van der Waals surface area contributed by atoms with Gasteiger partial charge < -0.3 is 10.6 Å². The van der Waals surface area contributed by atoms with Gasteiger partial charge in [0, 0.05) is 5.69 Å². The van der Waals surface area contributed by atoms with Gasteiger partial charge in [-0.15, -0.1) is 5.10 Å². The molecule has 0 fully saturated rings. The SMILES string of the molecule is CCc1ccccc1NC(=O)c1nnn(CC(=O)Nc2ccccc2C(F)(F)F)c1C. The molecule has 0 saturated heterocycles. The molecular weight excluding hydrogens is 411 g/mol. The third-order valence-corrected chi connectivity index (χ3v) is 4.64. The van der Waals surface area contributed by atoms with Crippen molar-refractivity contribution < 1.29 is 22.8 Å². The maximum Gasteiger partial charge on any atom is 0.418 e. The van der Waals surface area contributed by atoms with Crippen LogP contribution in [-0.4, -0.2) is 26.8 Å². The van der Waals surface area contributed by atoms with Gasteiger partial charge in [-0.25, -0.2) is 4.68 Å². The summed E-state index contributed by atoms with van der Waals surface area (Å²) >= 11 is 0. The number of carbonyl (C=O) groups excluding carboxylic acids is 2. The second kappa shape index (κ2) is 8.99. The van der Waals surface area contributed by atoms with Gasteiger partial charge in [0.25, 0.3) is 5.91 Å². The third-order valence-electron chi connectivity index (χ3n) is 4.64. The van der Waals surface area contributed by atoms with Crippen molar-refractivity contribution in [2.75, 3.05) is 10.6 Å². The number of alkyl halides is 3. The Morgan fingerprint density at radius 2 is 1.65 bits per heavy atom. The molecule has 0 saturated carbocycles. The molecule has 3 rings (SSSR count). The van der Waals surface area contributed by atoms with Crippen molar-refractivity contribution in [3.8, 4) is 0 Å². The fourth-order valence-electron chi connectivity index (χ4n) is 3.02. The normalized spacial score (nSPS) is 11.3. The molecule has 0 aliphatic heterocycles. The van der Waals surface area contributed by atoms with E-state index in [1.165, 1.54) is 18.2 Å². The van der Waals surface area contributed by atoms with Gasteiger partial charge in [-0.05, 0) is 37.1 Å². The molecule has 10 heteroatoms. The molecule has 31 heavy (non-hydrogen) atoms. The Kier molecular flexibility index (Phi) is 6.38. The van der Waals surface area contributed by atoms with Crippen molar-refractivity contribution in [3.63, 3.8) is 0 Å². The zero-order valence-electron chi connectivity index (χ0n) is 16.8. The van der Waals surface area contributed by atoms with Crippen LogP contribution in [0, 0.1) is 6.92 Å². The number of halogens is 3. The maximum atomic E-state index is 13.1. The molecular formula is C21H20F3N5O2. The number of nitrogens with one attached hydrogen (secondary N) is 2. The van der Waals surface area contributed by atoms with Gasteiger partial charge in [0.1, 0.15) is 6.54 Å². The number of benzene rings is 2. The Balaban J connectivity index is 1.72. The molecule has 0 spiro atoms. The van der Waals surface area contributed by atoms with Gasteiger partial charge in [-0.1, -0.05) is 42.5 Å². The van der Waals surface area contributed by atoms with E-state index < -0.39 is 30.1 Å². The van der Waals surface area contributed by atoms with Crippen LogP contribution in [0.2, 0.25) is 0 Å². The van der Waals surface area contributed by atoms with E-state index in [2.05, 4.69) is 20.9 Å². The summed E-state index contributed by atoms with van der Waals surface area (Å²) < 4.78 is 40.4. The molecule has 7 nitrogen and oxygen atoms in total. The molecule has 3 aromatic rings. The third kappa shape index (κ3) is 5.08. The predicted molar refractivity (Wildman–Crippen MR) is 109 cm³/mol. The molecule has 1 aromatic heterocycles. The second-order valence-corrected chi connectivity index (χ2v) is 6.74. The van der Waals surface area contributed by atoms with Crippen LogP contribution in [0.1, 0.15) is 34.2 Å². The highest BCUT2D eigenvalue weighted by atomic mass is 19.4. The van der Waals surface area contributed by atoms with E-state index in [-0.39, 0.29) is 11.4 Å². The Hall–Kier alpha value is -3.69. The number of aryl methyl sites for hydroxylation is 1. The van der Waals surface area contributed by atoms with E-state index in [0.717, 1.165) is 22.7 Å². The number of hydrogen-bond acceptors (Lipinski definition) is 4. The quantitative estimate of drug-likeness (QED) is 0.616. The minimum atomic E-state index is -4.60. The van der Waals surface area contributed by atoms with Crippen LogP contribution >= 0.6 is 0 Å². The minimum absolute atomic E-state index is 0.0226. The number of carbonyl (C=O) groups is 2. The highest BCUT2D eigenvalue weighted by Gasteiger charge is 2.33. The van der Waals surface area contributed by atoms with Gasteiger partial charge in [0.05, 0.1) is 16.9 Å². The second-order valence-electron chi connectivity index (χ2n) is 6.74. The first-order valence-corrected chi connectivity index (χ1v) is 9.46. The van der Waals surface area contributed by atoms with Crippen molar-refractivity contribution in [3.05, 3.63) is 71.0 Å². The van der Waals surface area contributed by atoms with Crippen molar-refractivity contribution in [1.82, 2.24) is 15.0 Å². The van der Waals surface area contributed by atoms with Gasteiger partial charge in [-0.2, -0.15) is 13.2 Å². The lowest BCUT2D eigenvalue weighted by atomic mass is 10.1. The lowest BCUT2D eigenvalue weighted by molar-refractivity contribution is -0.137. The molecule has 0 bridgehead atoms. The van der Waals surface area contributed by atoms with Gasteiger partial charge >= 0.3 is 6.18 Å². The van der Waals surface area contributed by atoms with Crippen molar-refractivity contribution in [2.45, 2.75) is 33.0 Å². The first kappa shape index (κ1) is 22.0. The predicted octanol–water partition coefficient (Wildman–Crippen LogP) is 4.06. The molecule has 1 heterocycles. The molecule has 0 aliphatic carbocycles. The molecule has 0 atom stereocenters. The van der Waals surface area contributed by atoms with Crippen LogP contribution in [0.3, 0.4) is 0 Å². The molecule has 0 radical (unpaired) electrons. The van der Waals surface area contributed by atoms with Crippen LogP contribution in [0.5, 0.6) is 0 Å². The molecule has 2 N–H and O–H groups in total. The Labute approximate surface area is 176 Å². The first-order chi connectivity index (χ1) is 14.7. The lowest BCUT2D eigenvalue weighted by Crippen LogP contribution is -2.22. The summed E-state index contributed by atoms with van der Waals surface area (Å²) in [7, 11) is 0. The summed E-state index contributed by atoms with van der Waals surface area (Å²) in [6, 6.07) is 12.0. The number of para-hydroxylation sites is 2. The molecule has 0 unspecified atom stereocenters. The van der Waals surface area contributed by atoms with Crippen LogP contribution in [0.25, 0.3) is 0 Å². The number of anilines is 2. The summed E-state index contributed by atoms with van der Waals surface area (Å²) in [5.74, 6) is -1.22. The smallest absolute Gasteiger partial charge is 0.324 e. The Morgan fingerprint density at radius 1 is 1.00 bits per heavy atom. The van der Waals surface area contributed by atoms with Crippen LogP contribution < -0.4 is 10.6 Å². The zero-order chi connectivity index (χ0) is 22.6. The first-order valence-electron chi connectivity index (χ1n) is 9.46. The largest absolute Gasteiger partial charge is 0.418 e. The summed E-state index contributed by atoms with van der Waals surface area (Å²) in [6.07, 6.45) is -3.88. The molecule has 162 valence electrons. The summed E-state index contributed by atoms with van der Waals surface area (Å²) in [6.45, 7) is 3.11. The number of aromatic nitrogens is 3. The Morgan fingerprint density at radius 3 is 2.32 bits per heavy atom. The minimum Gasteiger partial charge on any atom is -0.324 e. The number of nitrogens with zero attached hydrogens (tertiary/aromatic N) is 3. The summed E-state index contributed by atoms with van der Waals surface area (Å²) in [5.41, 5.74) is 0.620. The fourth-order valence-corrected chi connectivity index (χ4v) is 3.02. The zero-order valence-corrected chi connectivity index (χ0v) is 16.8. The highest BCUT2D eigenvalue weighted by molar-refractivity contribution is 6.04. The van der Waals surface area contributed by atoms with Gasteiger partial charge in [0.2, 0.25) is 5.91 Å². The monoisotopic (exact) mass is 431 g/mol. The van der Waals surface area contributed by atoms with Crippen molar-refractivity contribution in [1.29, 1.82) is 0 Å². The van der Waals surface area contributed by atoms with Crippen LogP contribution in [0.15, 0.2) is 48.5 Å². The number of hydrogen-bond donors (Lipinski definition) is 2. The summed E-state index contributed by atoms with van der Waals surface area (Å²) in [5, 5.41) is 12.6. The fraction of sp³-hybridized carbons (Fsp3) is 0.238. The van der Waals surface area contributed by atoms with E-state index in [1.54, 1.807) is 19.1 Å². The van der Waals surface area contributed by atoms with E-state index >= 15 is 0 Å². The highest BCUT2D eigenvalue weighted by Crippen LogP contribution is 2.34. The Bertz CT molecular complexity index is 1110. The average molecular weight is 431 g/mol. The van der Waals surface area contributed by atoms with Crippen LogP contribution in [0.4, 0.5) is 24.5 Å². The van der Waals surface area contributed by atoms with Gasteiger partial charge in [-0.3, -0.25) is 9.59 Å². The van der Waals surface area contributed by atoms with E-state index in [1.807, 2.05) is 19.1 Å². The molecule has 0 aliphatic rings. The van der Waals surface area contributed by atoms with Crippen molar-refractivity contribution >= 4 is 23.2 Å². The number of rotatable bonds is 6. The van der Waals surface area contributed by atoms with E-state index in [4.69, 9.17) is 0 Å². The lowest BCUT2D eigenvalue weighted by Gasteiger charge is -2.13. The maximum absolute atomic E-state index is 13.1. The molecule has 2 amide bonds. The van der Waals surface area contributed by atoms with Crippen molar-refractivity contribution in [2.24, 2.45) is 0 Å². The molecule has 2 aromatic carbocycles. The van der Waals surface area contributed by atoms with E-state index in [9.17, 15) is 22.8 Å². The summed E-state index contributed by atoms with van der Waals surface area (Å²) in [4.78, 5) is 24.9. The standard InChI is InChI=1S/C21H20F3N5O2/c1-3-14-8-4-6-10-16(14)26-20(31)19-13(2)29(28-27-19)12-18(30)25-17-11-7-5-9-15(17)21(22,23)24/h4-11H,3,12H2,1-2H3,(H,25,30)(H,26,31). The average Bonchev–Trinajstić information content (AvgIpc) is 3.08. The van der Waals surface area contributed by atoms with Crippen LogP contribution in [-0.2, 0) is 23.9 Å². The topological polar surface area (TPSA) is 88.9 Å². The van der Waals surface area contributed by atoms with E-state index in [0.29, 0.717) is 11.4 Å². The number of amides is 2. The van der Waals surface area contributed by atoms with Gasteiger partial charge in [0.15, 0.2) is 5.69 Å².